The predicted molar refractivity (Wildman–Crippen MR) is 68.2 cm³/mol. The fourth-order valence-electron chi connectivity index (χ4n) is 1.39. The van der Waals surface area contributed by atoms with Gasteiger partial charge in [0.2, 0.25) is 0 Å². The van der Waals surface area contributed by atoms with Crippen LogP contribution < -0.4 is 4.74 Å². The average molecular weight is 344 g/mol. The molecule has 0 aliphatic heterocycles. The maximum atomic E-state index is 13.2. The Balaban J connectivity index is 3.25. The van der Waals surface area contributed by atoms with Crippen LogP contribution in [0.1, 0.15) is 17.7 Å². The Labute approximate surface area is 123 Å². The smallest absolute Gasteiger partial charge is 0.429 e. The number of para-hydroxylation sites is 1. The standard InChI is InChI=1S/C11H9ClF3NO4S/c1-7(21(18,19)16-6-17)8-4-2-3-5-9(8)20-11(14,15)10(12)13/h2-5,7,10H,1H3. The van der Waals surface area contributed by atoms with Gasteiger partial charge in [-0.25, -0.2) is 17.6 Å². The zero-order valence-corrected chi connectivity index (χ0v) is 12.0. The second-order valence-electron chi connectivity index (χ2n) is 3.84. The molecule has 2 atom stereocenters. The van der Waals surface area contributed by atoms with E-state index in [0.717, 1.165) is 25.1 Å². The molecule has 0 bridgehead atoms. The Morgan fingerprint density at radius 2 is 1.95 bits per heavy atom. The van der Waals surface area contributed by atoms with Crippen molar-refractivity contribution in [2.45, 2.75) is 23.9 Å². The zero-order valence-electron chi connectivity index (χ0n) is 10.5. The summed E-state index contributed by atoms with van der Waals surface area (Å²) in [6.07, 6.45) is -3.49. The van der Waals surface area contributed by atoms with Gasteiger partial charge in [-0.3, -0.25) is 0 Å². The van der Waals surface area contributed by atoms with Gasteiger partial charge in [-0.2, -0.15) is 8.78 Å². The van der Waals surface area contributed by atoms with Crippen molar-refractivity contribution >= 4 is 27.7 Å². The van der Waals surface area contributed by atoms with Gasteiger partial charge in [0.15, 0.2) is 0 Å². The Bertz CT molecular complexity index is 659. The Kier molecular flexibility index (Phi) is 5.38. The first-order valence-electron chi connectivity index (χ1n) is 5.38. The van der Waals surface area contributed by atoms with Crippen LogP contribution in [0.5, 0.6) is 5.75 Å². The molecule has 1 rings (SSSR count). The van der Waals surface area contributed by atoms with Gasteiger partial charge < -0.3 is 4.74 Å². The van der Waals surface area contributed by atoms with Crippen LogP contribution in [0.2, 0.25) is 0 Å². The van der Waals surface area contributed by atoms with E-state index in [9.17, 15) is 26.4 Å². The third-order valence-electron chi connectivity index (χ3n) is 2.47. The number of rotatable bonds is 6. The lowest BCUT2D eigenvalue weighted by atomic mass is 10.1. The van der Waals surface area contributed by atoms with E-state index in [2.05, 4.69) is 20.7 Å². The maximum absolute atomic E-state index is 13.2. The van der Waals surface area contributed by atoms with Crippen molar-refractivity contribution in [3.05, 3.63) is 29.8 Å². The zero-order chi connectivity index (χ0) is 16.3. The molecule has 0 aromatic heterocycles. The van der Waals surface area contributed by atoms with E-state index in [1.165, 1.54) is 12.1 Å². The number of hydrogen-bond acceptors (Lipinski definition) is 4. The van der Waals surface area contributed by atoms with Gasteiger partial charge >= 0.3 is 6.11 Å². The van der Waals surface area contributed by atoms with Gasteiger partial charge in [-0.05, 0) is 13.0 Å². The van der Waals surface area contributed by atoms with Crippen LogP contribution in [0.4, 0.5) is 13.2 Å². The number of hydrogen-bond donors (Lipinski definition) is 0. The minimum absolute atomic E-state index is 0.228. The van der Waals surface area contributed by atoms with E-state index in [4.69, 9.17) is 0 Å². The van der Waals surface area contributed by atoms with E-state index >= 15 is 0 Å². The molecule has 0 aliphatic carbocycles. The molecule has 0 amide bonds. The Morgan fingerprint density at radius 3 is 2.48 bits per heavy atom. The normalized spacial score (nSPS) is 14.9. The van der Waals surface area contributed by atoms with Crippen molar-refractivity contribution < 1.29 is 31.1 Å². The lowest BCUT2D eigenvalue weighted by molar-refractivity contribution is -0.199. The summed E-state index contributed by atoms with van der Waals surface area (Å²) in [4.78, 5) is 10.1. The van der Waals surface area contributed by atoms with Crippen molar-refractivity contribution in [2.24, 2.45) is 4.40 Å². The molecular weight excluding hydrogens is 335 g/mol. The molecule has 0 saturated heterocycles. The fourth-order valence-corrected chi connectivity index (χ4v) is 2.21. The summed E-state index contributed by atoms with van der Waals surface area (Å²) in [6, 6.07) is 4.80. The molecule has 1 aromatic carbocycles. The van der Waals surface area contributed by atoms with Gasteiger partial charge in [0.1, 0.15) is 11.0 Å². The van der Waals surface area contributed by atoms with Crippen molar-refractivity contribution in [3.8, 4) is 5.75 Å². The van der Waals surface area contributed by atoms with Crippen LogP contribution in [-0.4, -0.2) is 26.2 Å². The minimum atomic E-state index is -4.35. The van der Waals surface area contributed by atoms with Crippen LogP contribution in [0.25, 0.3) is 0 Å². The quantitative estimate of drug-likeness (QED) is 0.452. The number of isocyanates is 1. The summed E-state index contributed by atoms with van der Waals surface area (Å²) in [5.74, 6) is -0.594. The molecule has 0 radical (unpaired) electrons. The molecular formula is C11H9ClF3NO4S. The van der Waals surface area contributed by atoms with Crippen molar-refractivity contribution in [1.82, 2.24) is 0 Å². The SMILES string of the molecule is CC(c1ccccc1OC(F)(F)C(F)Cl)S(=O)(=O)N=C=O. The summed E-state index contributed by atoms with van der Waals surface area (Å²) < 4.78 is 68.9. The largest absolute Gasteiger partial charge is 0.444 e. The molecule has 21 heavy (non-hydrogen) atoms. The van der Waals surface area contributed by atoms with Crippen molar-refractivity contribution in [2.75, 3.05) is 0 Å². The Morgan fingerprint density at radius 1 is 1.38 bits per heavy atom. The molecule has 0 heterocycles. The molecule has 1 aromatic rings. The molecule has 116 valence electrons. The lowest BCUT2D eigenvalue weighted by Gasteiger charge is -2.21. The van der Waals surface area contributed by atoms with Crippen LogP contribution >= 0.6 is 11.6 Å². The fraction of sp³-hybridized carbons (Fsp3) is 0.364. The van der Waals surface area contributed by atoms with Crippen molar-refractivity contribution in [1.29, 1.82) is 0 Å². The summed E-state index contributed by atoms with van der Waals surface area (Å²) in [5, 5.41) is -1.47. The molecule has 0 spiro atoms. The molecule has 0 fully saturated rings. The van der Waals surface area contributed by atoms with E-state index in [1.54, 1.807) is 0 Å². The number of ether oxygens (including phenoxy) is 1. The highest BCUT2D eigenvalue weighted by molar-refractivity contribution is 7.90. The van der Waals surface area contributed by atoms with Gasteiger partial charge in [0, 0.05) is 5.56 Å². The third kappa shape index (κ3) is 4.20. The Hall–Kier alpha value is -1.57. The topological polar surface area (TPSA) is 72.8 Å². The number of carbonyl (C=O) groups excluding carboxylic acids is 1. The van der Waals surface area contributed by atoms with E-state index in [-0.39, 0.29) is 5.56 Å². The summed E-state index contributed by atoms with van der Waals surface area (Å²) >= 11 is 4.66. The highest BCUT2D eigenvalue weighted by Gasteiger charge is 2.43. The predicted octanol–water partition coefficient (Wildman–Crippen LogP) is 2.92. The first-order chi connectivity index (χ1) is 9.62. The van der Waals surface area contributed by atoms with Crippen LogP contribution in [0.15, 0.2) is 28.7 Å². The first kappa shape index (κ1) is 17.5. The van der Waals surface area contributed by atoms with Gasteiger partial charge in [-0.1, -0.05) is 34.2 Å². The second-order valence-corrected chi connectivity index (χ2v) is 6.14. The van der Waals surface area contributed by atoms with E-state index < -0.39 is 32.8 Å². The average Bonchev–Trinajstić information content (AvgIpc) is 2.38. The van der Waals surface area contributed by atoms with Crippen molar-refractivity contribution in [3.63, 3.8) is 0 Å². The van der Waals surface area contributed by atoms with Gasteiger partial charge in [-0.15, -0.1) is 0 Å². The second kappa shape index (κ2) is 6.46. The minimum Gasteiger partial charge on any atom is -0.429 e. The molecule has 0 aliphatic rings. The number of alkyl halides is 4. The first-order valence-corrected chi connectivity index (χ1v) is 7.32. The van der Waals surface area contributed by atoms with Crippen LogP contribution in [0, 0.1) is 0 Å². The number of benzene rings is 1. The molecule has 10 heteroatoms. The van der Waals surface area contributed by atoms with Crippen LogP contribution in [-0.2, 0) is 14.8 Å². The lowest BCUT2D eigenvalue weighted by Crippen LogP contribution is -2.33. The molecule has 0 N–H and O–H groups in total. The van der Waals surface area contributed by atoms with Gasteiger partial charge in [0.25, 0.3) is 21.7 Å². The highest BCUT2D eigenvalue weighted by atomic mass is 35.5. The summed E-state index contributed by atoms with van der Waals surface area (Å²) in [5.41, 5.74) is -3.35. The molecule has 5 nitrogen and oxygen atoms in total. The number of halogens is 4. The highest BCUT2D eigenvalue weighted by Crippen LogP contribution is 2.35. The third-order valence-corrected chi connectivity index (χ3v) is 4.20. The summed E-state index contributed by atoms with van der Waals surface area (Å²) in [7, 11) is -4.31. The number of nitrogens with zero attached hydrogens (tertiary/aromatic N) is 1. The van der Waals surface area contributed by atoms with E-state index in [0.29, 0.717) is 0 Å². The maximum Gasteiger partial charge on any atom is 0.444 e. The monoisotopic (exact) mass is 343 g/mol. The summed E-state index contributed by atoms with van der Waals surface area (Å²) in [6.45, 7) is 1.10. The molecule has 0 saturated carbocycles. The molecule has 2 unspecified atom stereocenters. The number of sulfonamides is 1. The van der Waals surface area contributed by atoms with E-state index in [1.807, 2.05) is 0 Å². The van der Waals surface area contributed by atoms with Gasteiger partial charge in [0.05, 0.1) is 0 Å². The van der Waals surface area contributed by atoms with Crippen LogP contribution in [0.3, 0.4) is 0 Å².